The predicted octanol–water partition coefficient (Wildman–Crippen LogP) is 1.22. The summed E-state index contributed by atoms with van der Waals surface area (Å²) < 4.78 is 6.47. The van der Waals surface area contributed by atoms with Crippen LogP contribution in [0.2, 0.25) is 0 Å². The average Bonchev–Trinajstić information content (AvgIpc) is 2.88. The first-order valence-electron chi connectivity index (χ1n) is 6.11. The van der Waals surface area contributed by atoms with Gasteiger partial charge in [-0.2, -0.15) is 5.10 Å². The first-order valence-corrected chi connectivity index (χ1v) is 6.11. The minimum atomic E-state index is -0.240. The molecular weight excluding hydrogens is 242 g/mol. The largest absolute Gasteiger partial charge is 0.469 e. The fourth-order valence-corrected chi connectivity index (χ4v) is 1.87. The lowest BCUT2D eigenvalue weighted by atomic mass is 10.0. The molecule has 0 radical (unpaired) electrons. The Morgan fingerprint density at radius 3 is 3.00 bits per heavy atom. The van der Waals surface area contributed by atoms with Gasteiger partial charge in [-0.25, -0.2) is 0 Å². The summed E-state index contributed by atoms with van der Waals surface area (Å²) in [6, 6.07) is 7.80. The van der Waals surface area contributed by atoms with Gasteiger partial charge in [0.15, 0.2) is 0 Å². The number of benzene rings is 1. The van der Waals surface area contributed by atoms with E-state index in [1.165, 1.54) is 7.11 Å². The van der Waals surface area contributed by atoms with Crippen molar-refractivity contribution in [1.82, 2.24) is 9.78 Å². The van der Waals surface area contributed by atoms with Gasteiger partial charge in [0.1, 0.15) is 0 Å². The number of hydrogen-bond donors (Lipinski definition) is 1. The van der Waals surface area contributed by atoms with Crippen LogP contribution in [0.15, 0.2) is 36.7 Å². The summed E-state index contributed by atoms with van der Waals surface area (Å²) in [5, 5.41) is 4.23. The van der Waals surface area contributed by atoms with Crippen molar-refractivity contribution in [2.75, 3.05) is 13.7 Å². The van der Waals surface area contributed by atoms with Gasteiger partial charge in [0.05, 0.1) is 26.3 Å². The van der Waals surface area contributed by atoms with Crippen molar-refractivity contribution in [1.29, 1.82) is 0 Å². The topological polar surface area (TPSA) is 70.1 Å². The smallest absolute Gasteiger partial charge is 0.309 e. The summed E-state index contributed by atoms with van der Waals surface area (Å²) in [5.74, 6) is -0.240. The molecule has 0 spiro atoms. The maximum absolute atomic E-state index is 11.3. The van der Waals surface area contributed by atoms with Crippen molar-refractivity contribution < 1.29 is 9.53 Å². The van der Waals surface area contributed by atoms with E-state index in [0.717, 1.165) is 16.7 Å². The number of esters is 1. The first-order chi connectivity index (χ1) is 9.22. The zero-order valence-corrected chi connectivity index (χ0v) is 10.9. The Morgan fingerprint density at radius 2 is 2.26 bits per heavy atom. The molecule has 0 unspecified atom stereocenters. The molecule has 2 N–H and O–H groups in total. The monoisotopic (exact) mass is 259 g/mol. The third-order valence-corrected chi connectivity index (χ3v) is 2.83. The van der Waals surface area contributed by atoms with Crippen molar-refractivity contribution in [3.63, 3.8) is 0 Å². The Hall–Kier alpha value is -2.14. The lowest BCUT2D eigenvalue weighted by Gasteiger charge is -2.03. The second-order valence-corrected chi connectivity index (χ2v) is 4.23. The number of methoxy groups -OCH3 is 1. The van der Waals surface area contributed by atoms with E-state index in [-0.39, 0.29) is 12.4 Å². The van der Waals surface area contributed by atoms with Crippen molar-refractivity contribution >= 4 is 5.97 Å². The normalized spacial score (nSPS) is 10.4. The molecule has 0 saturated carbocycles. The van der Waals surface area contributed by atoms with E-state index in [1.54, 1.807) is 6.20 Å². The molecule has 1 heterocycles. The van der Waals surface area contributed by atoms with Crippen molar-refractivity contribution in [3.8, 4) is 11.1 Å². The molecule has 5 nitrogen and oxygen atoms in total. The summed E-state index contributed by atoms with van der Waals surface area (Å²) in [4.78, 5) is 11.3. The van der Waals surface area contributed by atoms with E-state index in [0.29, 0.717) is 13.1 Å². The van der Waals surface area contributed by atoms with Crippen LogP contribution in [0, 0.1) is 0 Å². The molecule has 0 atom stereocenters. The summed E-state index contributed by atoms with van der Waals surface area (Å²) in [6.45, 7) is 1.26. The van der Waals surface area contributed by atoms with Gasteiger partial charge in [0.2, 0.25) is 0 Å². The molecule has 2 rings (SSSR count). The van der Waals surface area contributed by atoms with Crippen LogP contribution in [0.5, 0.6) is 0 Å². The molecular formula is C14H17N3O2. The zero-order chi connectivity index (χ0) is 13.7. The highest BCUT2D eigenvalue weighted by Crippen LogP contribution is 2.20. The minimum Gasteiger partial charge on any atom is -0.469 e. The fraction of sp³-hybridized carbons (Fsp3) is 0.286. The maximum atomic E-state index is 11.3. The first kappa shape index (κ1) is 13.3. The van der Waals surface area contributed by atoms with Crippen LogP contribution in [0.25, 0.3) is 11.1 Å². The molecule has 2 aromatic rings. The van der Waals surface area contributed by atoms with E-state index in [2.05, 4.69) is 9.84 Å². The van der Waals surface area contributed by atoms with Gasteiger partial charge in [-0.15, -0.1) is 0 Å². The Morgan fingerprint density at radius 1 is 1.42 bits per heavy atom. The number of rotatable bonds is 5. The molecule has 5 heteroatoms. The van der Waals surface area contributed by atoms with Crippen molar-refractivity contribution in [2.45, 2.75) is 13.0 Å². The van der Waals surface area contributed by atoms with Crippen LogP contribution < -0.4 is 5.73 Å². The summed E-state index contributed by atoms with van der Waals surface area (Å²) >= 11 is 0. The van der Waals surface area contributed by atoms with Crippen LogP contribution >= 0.6 is 0 Å². The number of nitrogens with two attached hydrogens (primary N) is 1. The standard InChI is InChI=1S/C14H17N3O2/c1-19-14(18)8-11-3-2-4-12(7-11)13-9-16-17(10-13)6-5-15/h2-4,7,9-10H,5-6,8,15H2,1H3. The lowest BCUT2D eigenvalue weighted by Crippen LogP contribution is -2.09. The molecule has 100 valence electrons. The number of ether oxygens (including phenoxy) is 1. The van der Waals surface area contributed by atoms with Crippen LogP contribution in [-0.2, 0) is 22.5 Å². The minimum absolute atomic E-state index is 0.240. The summed E-state index contributed by atoms with van der Waals surface area (Å²) in [5.41, 5.74) is 8.46. The third kappa shape index (κ3) is 3.42. The zero-order valence-electron chi connectivity index (χ0n) is 10.9. The number of carbonyl (C=O) groups excluding carboxylic acids is 1. The van der Waals surface area contributed by atoms with Gasteiger partial charge in [0.25, 0.3) is 0 Å². The number of nitrogens with zero attached hydrogens (tertiary/aromatic N) is 2. The highest BCUT2D eigenvalue weighted by molar-refractivity contribution is 5.73. The number of carbonyl (C=O) groups is 1. The Bertz CT molecular complexity index is 563. The van der Waals surface area contributed by atoms with E-state index < -0.39 is 0 Å². The molecule has 0 aliphatic heterocycles. The molecule has 19 heavy (non-hydrogen) atoms. The van der Waals surface area contributed by atoms with E-state index in [9.17, 15) is 4.79 Å². The van der Waals surface area contributed by atoms with Gasteiger partial charge in [0, 0.05) is 18.3 Å². The van der Waals surface area contributed by atoms with Crippen LogP contribution in [0.3, 0.4) is 0 Å². The summed E-state index contributed by atoms with van der Waals surface area (Å²) in [6.07, 6.45) is 4.03. The van der Waals surface area contributed by atoms with E-state index in [4.69, 9.17) is 5.73 Å². The van der Waals surface area contributed by atoms with Crippen LogP contribution in [0.4, 0.5) is 0 Å². The average molecular weight is 259 g/mol. The fourth-order valence-electron chi connectivity index (χ4n) is 1.87. The van der Waals surface area contributed by atoms with Crippen LogP contribution in [0.1, 0.15) is 5.56 Å². The van der Waals surface area contributed by atoms with Gasteiger partial charge < -0.3 is 10.5 Å². The second kappa shape index (κ2) is 6.15. The van der Waals surface area contributed by atoms with E-state index in [1.807, 2.05) is 35.1 Å². The summed E-state index contributed by atoms with van der Waals surface area (Å²) in [7, 11) is 1.39. The maximum Gasteiger partial charge on any atom is 0.309 e. The van der Waals surface area contributed by atoms with Gasteiger partial charge in [-0.1, -0.05) is 24.3 Å². The predicted molar refractivity (Wildman–Crippen MR) is 72.4 cm³/mol. The molecule has 0 aliphatic rings. The Labute approximate surface area is 112 Å². The Kier molecular flexibility index (Phi) is 4.30. The highest BCUT2D eigenvalue weighted by atomic mass is 16.5. The lowest BCUT2D eigenvalue weighted by molar-refractivity contribution is -0.139. The molecule has 0 aliphatic carbocycles. The molecule has 0 saturated heterocycles. The van der Waals surface area contributed by atoms with Gasteiger partial charge >= 0.3 is 5.97 Å². The molecule has 0 fully saturated rings. The molecule has 1 aromatic heterocycles. The molecule has 1 aromatic carbocycles. The van der Waals surface area contributed by atoms with Gasteiger partial charge in [-0.3, -0.25) is 9.48 Å². The highest BCUT2D eigenvalue weighted by Gasteiger charge is 2.06. The Balaban J connectivity index is 2.19. The third-order valence-electron chi connectivity index (χ3n) is 2.83. The van der Waals surface area contributed by atoms with Crippen molar-refractivity contribution in [2.24, 2.45) is 5.73 Å². The second-order valence-electron chi connectivity index (χ2n) is 4.23. The van der Waals surface area contributed by atoms with Crippen molar-refractivity contribution in [3.05, 3.63) is 42.2 Å². The quantitative estimate of drug-likeness (QED) is 0.820. The van der Waals surface area contributed by atoms with Gasteiger partial charge in [-0.05, 0) is 11.1 Å². The SMILES string of the molecule is COC(=O)Cc1cccc(-c2cnn(CCN)c2)c1. The number of aromatic nitrogens is 2. The molecule has 0 amide bonds. The molecule has 0 bridgehead atoms. The van der Waals surface area contributed by atoms with E-state index >= 15 is 0 Å². The number of hydrogen-bond acceptors (Lipinski definition) is 4. The van der Waals surface area contributed by atoms with Crippen LogP contribution in [-0.4, -0.2) is 29.4 Å².